The van der Waals surface area contributed by atoms with Crippen molar-refractivity contribution in [2.75, 3.05) is 13.2 Å². The molecule has 2 aliphatic rings. The molecule has 0 amide bonds. The summed E-state index contributed by atoms with van der Waals surface area (Å²) in [6.45, 7) is 7.13. The summed E-state index contributed by atoms with van der Waals surface area (Å²) in [7, 11) is 0. The fraction of sp³-hybridized carbons (Fsp3) is 0.367. The second kappa shape index (κ2) is 10.8. The van der Waals surface area contributed by atoms with E-state index < -0.39 is 11.8 Å². The number of benzene rings is 2. The number of aromatic nitrogens is 3. The van der Waals surface area contributed by atoms with Gasteiger partial charge in [-0.15, -0.1) is 0 Å². The molecule has 6 rings (SSSR count). The summed E-state index contributed by atoms with van der Waals surface area (Å²) in [6.07, 6.45) is 1.90. The fourth-order valence-electron chi connectivity index (χ4n) is 5.36. The van der Waals surface area contributed by atoms with Crippen molar-refractivity contribution in [3.05, 3.63) is 86.6 Å². The van der Waals surface area contributed by atoms with Gasteiger partial charge in [0.25, 0.3) is 0 Å². The first-order chi connectivity index (χ1) is 19.2. The monoisotopic (exact) mass is 564 g/mol. The summed E-state index contributed by atoms with van der Waals surface area (Å²) in [5, 5.41) is 9.85. The van der Waals surface area contributed by atoms with E-state index in [9.17, 15) is 14.3 Å². The lowest BCUT2D eigenvalue weighted by Gasteiger charge is -2.30. The van der Waals surface area contributed by atoms with E-state index in [1.807, 2.05) is 6.92 Å². The predicted molar refractivity (Wildman–Crippen MR) is 148 cm³/mol. The molecule has 10 heteroatoms. The Morgan fingerprint density at radius 3 is 2.77 bits per heavy atom. The van der Waals surface area contributed by atoms with Crippen molar-refractivity contribution in [3.8, 4) is 5.88 Å². The van der Waals surface area contributed by atoms with Crippen molar-refractivity contribution in [1.29, 1.82) is 0 Å². The lowest BCUT2D eigenvalue weighted by molar-refractivity contribution is -0.0592. The van der Waals surface area contributed by atoms with Crippen molar-refractivity contribution in [3.63, 3.8) is 0 Å². The molecule has 0 bridgehead atoms. The molecule has 208 valence electrons. The second-order valence-corrected chi connectivity index (χ2v) is 11.0. The number of hydrogen-bond donors (Lipinski definition) is 1. The third-order valence-corrected chi connectivity index (χ3v) is 8.00. The first-order valence-corrected chi connectivity index (χ1v) is 13.8. The van der Waals surface area contributed by atoms with Crippen LogP contribution in [-0.4, -0.2) is 49.8 Å². The molecular weight excluding hydrogens is 535 g/mol. The molecule has 0 aliphatic carbocycles. The number of nitrogens with zero attached hydrogens (tertiary/aromatic N) is 4. The predicted octanol–water partition coefficient (Wildman–Crippen LogP) is 5.47. The van der Waals surface area contributed by atoms with Crippen LogP contribution in [0.25, 0.3) is 11.0 Å². The van der Waals surface area contributed by atoms with Gasteiger partial charge >= 0.3 is 5.97 Å². The minimum Gasteiger partial charge on any atom is -0.478 e. The van der Waals surface area contributed by atoms with E-state index in [-0.39, 0.29) is 18.3 Å². The molecule has 4 heterocycles. The molecule has 1 atom stereocenters. The zero-order valence-electron chi connectivity index (χ0n) is 22.4. The minimum atomic E-state index is -0.962. The molecule has 0 radical (unpaired) electrons. The molecule has 1 saturated heterocycles. The van der Waals surface area contributed by atoms with Gasteiger partial charge in [-0.1, -0.05) is 11.6 Å². The third-order valence-electron chi connectivity index (χ3n) is 7.66. The number of fused-ring (bicyclic) bond motifs is 2. The second-order valence-electron chi connectivity index (χ2n) is 10.6. The van der Waals surface area contributed by atoms with Crippen LogP contribution >= 0.6 is 11.6 Å². The Hall–Kier alpha value is -3.53. The molecule has 40 heavy (non-hydrogen) atoms. The van der Waals surface area contributed by atoms with Gasteiger partial charge < -0.3 is 19.1 Å². The summed E-state index contributed by atoms with van der Waals surface area (Å²) in [6, 6.07) is 10.3. The Morgan fingerprint density at radius 2 is 2.05 bits per heavy atom. The van der Waals surface area contributed by atoms with Crippen molar-refractivity contribution >= 4 is 28.6 Å². The highest BCUT2D eigenvalue weighted by Gasteiger charge is 2.25. The summed E-state index contributed by atoms with van der Waals surface area (Å²) in [5.41, 5.74) is 5.85. The largest absolute Gasteiger partial charge is 0.478 e. The van der Waals surface area contributed by atoms with Crippen LogP contribution in [0.1, 0.15) is 50.6 Å². The number of carboxylic acid groups (broad SMARTS) is 1. The van der Waals surface area contributed by atoms with E-state index in [0.29, 0.717) is 36.1 Å². The SMILES string of the molecule is Cc1cc(F)c(COc2nc3c(cc2C)CCN(Cc2nc4ccc(C(=O)O)cc4n2C[C@@H]2CCO2)C3)c(Cl)c1. The maximum absolute atomic E-state index is 14.5. The van der Waals surface area contributed by atoms with Crippen molar-refractivity contribution in [2.24, 2.45) is 0 Å². The lowest BCUT2D eigenvalue weighted by Crippen LogP contribution is -2.34. The van der Waals surface area contributed by atoms with Crippen LogP contribution in [0.4, 0.5) is 4.39 Å². The fourth-order valence-corrected chi connectivity index (χ4v) is 5.68. The van der Waals surface area contributed by atoms with Crippen molar-refractivity contribution in [1.82, 2.24) is 19.4 Å². The van der Waals surface area contributed by atoms with E-state index in [2.05, 4.69) is 15.5 Å². The van der Waals surface area contributed by atoms with E-state index in [4.69, 9.17) is 31.0 Å². The Balaban J connectivity index is 1.23. The van der Waals surface area contributed by atoms with Crippen LogP contribution in [0, 0.1) is 19.7 Å². The summed E-state index contributed by atoms with van der Waals surface area (Å²) < 4.78 is 28.2. The molecule has 2 aliphatic heterocycles. The van der Waals surface area contributed by atoms with E-state index in [1.54, 1.807) is 31.2 Å². The van der Waals surface area contributed by atoms with Gasteiger partial charge in [-0.25, -0.2) is 19.2 Å². The standard InChI is InChI=1S/C30H30ClFN4O4/c1-17-9-23(31)22(24(32)10-17)16-40-29-18(2)11-19-5-7-35(14-26(19)34-29)15-28-33-25-4-3-20(30(37)38)12-27(25)36(28)13-21-6-8-39-21/h3-4,9-12,21H,5-8,13-16H2,1-2H3,(H,37,38)/t21-/m0/s1. The number of carboxylic acids is 1. The summed E-state index contributed by atoms with van der Waals surface area (Å²) in [5.74, 6) is -0.0234. The number of carbonyl (C=O) groups is 1. The van der Waals surface area contributed by atoms with Crippen LogP contribution in [0.3, 0.4) is 0 Å². The highest BCUT2D eigenvalue weighted by Crippen LogP contribution is 2.29. The summed E-state index contributed by atoms with van der Waals surface area (Å²) in [4.78, 5) is 23.6. The van der Waals surface area contributed by atoms with Crippen molar-refractivity contribution in [2.45, 2.75) is 59.0 Å². The normalized spacial score (nSPS) is 17.1. The molecule has 2 aromatic heterocycles. The Morgan fingerprint density at radius 1 is 1.23 bits per heavy atom. The number of hydrogen-bond acceptors (Lipinski definition) is 6. The zero-order chi connectivity index (χ0) is 28.0. The first-order valence-electron chi connectivity index (χ1n) is 13.4. The van der Waals surface area contributed by atoms with Crippen LogP contribution in [-0.2, 0) is 37.4 Å². The number of aromatic carboxylic acids is 1. The number of pyridine rings is 1. The zero-order valence-corrected chi connectivity index (χ0v) is 23.2. The average molecular weight is 565 g/mol. The smallest absolute Gasteiger partial charge is 0.335 e. The Labute approximate surface area is 236 Å². The molecule has 2 aromatic carbocycles. The highest BCUT2D eigenvalue weighted by atomic mass is 35.5. The molecular formula is C30H30ClFN4O4. The quantitative estimate of drug-likeness (QED) is 0.304. The molecule has 0 spiro atoms. The van der Waals surface area contributed by atoms with E-state index in [0.717, 1.165) is 59.7 Å². The molecule has 0 unspecified atom stereocenters. The van der Waals surface area contributed by atoms with E-state index in [1.165, 1.54) is 11.6 Å². The topological polar surface area (TPSA) is 89.7 Å². The molecule has 1 fully saturated rings. The van der Waals surface area contributed by atoms with Gasteiger partial charge in [0.05, 0.1) is 46.5 Å². The van der Waals surface area contributed by atoms with Gasteiger partial charge in [0.15, 0.2) is 0 Å². The lowest BCUT2D eigenvalue weighted by atomic mass is 10.0. The van der Waals surface area contributed by atoms with Gasteiger partial charge in [0.2, 0.25) is 5.88 Å². The number of imidazole rings is 1. The number of aryl methyl sites for hydroxylation is 2. The molecule has 8 nitrogen and oxygen atoms in total. The van der Waals surface area contributed by atoms with Gasteiger partial charge in [-0.3, -0.25) is 4.90 Å². The van der Waals surface area contributed by atoms with Gasteiger partial charge in [0.1, 0.15) is 18.2 Å². The van der Waals surface area contributed by atoms with Crippen LogP contribution in [0.2, 0.25) is 5.02 Å². The number of rotatable bonds is 8. The maximum Gasteiger partial charge on any atom is 0.335 e. The Kier molecular flexibility index (Phi) is 7.20. The van der Waals surface area contributed by atoms with Crippen molar-refractivity contribution < 1.29 is 23.8 Å². The summed E-state index contributed by atoms with van der Waals surface area (Å²) >= 11 is 6.27. The van der Waals surface area contributed by atoms with Crippen LogP contribution < -0.4 is 4.74 Å². The van der Waals surface area contributed by atoms with Gasteiger partial charge in [-0.05, 0) is 74.2 Å². The average Bonchev–Trinajstić information content (AvgIpc) is 3.21. The number of halogens is 2. The molecule has 4 aromatic rings. The first kappa shape index (κ1) is 26.7. The number of ether oxygens (including phenoxy) is 2. The maximum atomic E-state index is 14.5. The Bertz CT molecular complexity index is 1590. The van der Waals surface area contributed by atoms with Crippen LogP contribution in [0.15, 0.2) is 36.4 Å². The molecule has 0 saturated carbocycles. The third kappa shape index (κ3) is 5.29. The van der Waals surface area contributed by atoms with Crippen LogP contribution in [0.5, 0.6) is 5.88 Å². The minimum absolute atomic E-state index is 0.00706. The van der Waals surface area contributed by atoms with Gasteiger partial charge in [0, 0.05) is 30.8 Å². The molecule has 1 N–H and O–H groups in total. The van der Waals surface area contributed by atoms with Gasteiger partial charge in [-0.2, -0.15) is 0 Å². The van der Waals surface area contributed by atoms with E-state index >= 15 is 0 Å². The highest BCUT2D eigenvalue weighted by molar-refractivity contribution is 6.31.